The quantitative estimate of drug-likeness (QED) is 0.210. The summed E-state index contributed by atoms with van der Waals surface area (Å²) in [5.74, 6) is -2.60. The third kappa shape index (κ3) is 12.1. The molecule has 0 saturated heterocycles. The predicted octanol–water partition coefficient (Wildman–Crippen LogP) is 2.14. The van der Waals surface area contributed by atoms with Crippen molar-refractivity contribution in [3.05, 3.63) is 47.5 Å². The molecule has 0 radical (unpaired) electrons. The number of nitrogens with one attached hydrogen (secondary N) is 5. The summed E-state index contributed by atoms with van der Waals surface area (Å²) in [6.07, 6.45) is -3.96. The van der Waals surface area contributed by atoms with Crippen molar-refractivity contribution < 1.29 is 48.8 Å². The van der Waals surface area contributed by atoms with Crippen LogP contribution in [-0.2, 0) is 36.7 Å². The van der Waals surface area contributed by atoms with Gasteiger partial charge in [0.1, 0.15) is 40.8 Å². The molecule has 1 heterocycles. The van der Waals surface area contributed by atoms with Crippen LogP contribution in [0, 0.1) is 0 Å². The van der Waals surface area contributed by atoms with Gasteiger partial charge in [-0.15, -0.1) is 0 Å². The fraction of sp³-hybridized carbons (Fsp3) is 0.514. The largest absolute Gasteiger partial charge is 0.508 e. The number of ether oxygens (including phenoxy) is 2. The van der Waals surface area contributed by atoms with Crippen LogP contribution in [-0.4, -0.2) is 93.7 Å². The van der Waals surface area contributed by atoms with E-state index in [0.717, 1.165) is 0 Å². The Hall–Kier alpha value is -5.05. The SMILES string of the molecule is CCNC(=O)[C@@H]1Cc2cc(ccc2O)-c2ccc(O)c(c2)C[C@H](NC(=O)OC(C)(C)C)C(=O)N[C@@H](C[C@@H](O)CNC(=O)OC(C)(C)C)C(=O)N1. The van der Waals surface area contributed by atoms with Crippen molar-refractivity contribution in [3.8, 4) is 22.6 Å². The Bertz CT molecular complexity index is 1570. The van der Waals surface area contributed by atoms with Crippen LogP contribution >= 0.6 is 0 Å². The second-order valence-corrected chi connectivity index (χ2v) is 14.1. The summed E-state index contributed by atoms with van der Waals surface area (Å²) < 4.78 is 10.6. The Kier molecular flexibility index (Phi) is 13.1. The minimum Gasteiger partial charge on any atom is -0.508 e. The zero-order valence-corrected chi connectivity index (χ0v) is 29.5. The van der Waals surface area contributed by atoms with Gasteiger partial charge in [0, 0.05) is 32.4 Å². The molecule has 0 unspecified atom stereocenters. The molecule has 50 heavy (non-hydrogen) atoms. The van der Waals surface area contributed by atoms with Crippen LogP contribution in [0.2, 0.25) is 0 Å². The number of aliphatic hydroxyl groups excluding tert-OH is 1. The molecule has 1 aliphatic heterocycles. The van der Waals surface area contributed by atoms with Crippen molar-refractivity contribution in [2.75, 3.05) is 13.1 Å². The van der Waals surface area contributed by atoms with Crippen molar-refractivity contribution in [2.24, 2.45) is 0 Å². The van der Waals surface area contributed by atoms with Crippen molar-refractivity contribution in [1.82, 2.24) is 26.6 Å². The molecule has 4 atom stereocenters. The number of carbonyl (C=O) groups excluding carboxylic acids is 5. The van der Waals surface area contributed by atoms with Crippen LogP contribution < -0.4 is 26.6 Å². The number of carbonyl (C=O) groups is 5. The first-order valence-electron chi connectivity index (χ1n) is 16.4. The molecule has 0 aromatic heterocycles. The second kappa shape index (κ2) is 16.6. The molecule has 0 fully saturated rings. The first kappa shape index (κ1) is 39.4. The third-order valence-corrected chi connectivity index (χ3v) is 7.35. The smallest absolute Gasteiger partial charge is 0.408 e. The minimum atomic E-state index is -1.50. The highest BCUT2D eigenvalue weighted by atomic mass is 16.6. The Morgan fingerprint density at radius 1 is 0.820 bits per heavy atom. The number of alkyl carbamates (subject to hydrolysis) is 2. The van der Waals surface area contributed by atoms with Gasteiger partial charge in [-0.1, -0.05) is 12.1 Å². The number of fused-ring (bicyclic) bond motifs is 5. The summed E-state index contributed by atoms with van der Waals surface area (Å²) >= 11 is 0. The Morgan fingerprint density at radius 2 is 1.36 bits per heavy atom. The monoisotopic (exact) mass is 699 g/mol. The van der Waals surface area contributed by atoms with Gasteiger partial charge in [0.15, 0.2) is 0 Å². The van der Waals surface area contributed by atoms with Crippen LogP contribution in [0.15, 0.2) is 36.4 Å². The fourth-order valence-electron chi connectivity index (χ4n) is 5.11. The number of likely N-dealkylation sites (N-methyl/N-ethyl adjacent to an activating group) is 1. The molecule has 0 saturated carbocycles. The zero-order chi connectivity index (χ0) is 37.4. The van der Waals surface area contributed by atoms with Crippen LogP contribution in [0.5, 0.6) is 11.5 Å². The van der Waals surface area contributed by atoms with Gasteiger partial charge >= 0.3 is 12.2 Å². The van der Waals surface area contributed by atoms with Crippen molar-refractivity contribution >= 4 is 29.9 Å². The average Bonchev–Trinajstić information content (AvgIpc) is 2.99. The highest BCUT2D eigenvalue weighted by Crippen LogP contribution is 2.31. The van der Waals surface area contributed by atoms with Gasteiger partial charge in [0.2, 0.25) is 17.7 Å². The number of benzene rings is 2. The lowest BCUT2D eigenvalue weighted by Gasteiger charge is -2.27. The van der Waals surface area contributed by atoms with E-state index in [9.17, 15) is 39.3 Å². The lowest BCUT2D eigenvalue weighted by atomic mass is 9.95. The molecule has 8 N–H and O–H groups in total. The minimum absolute atomic E-state index is 0.129. The number of hydrogen-bond acceptors (Lipinski definition) is 10. The van der Waals surface area contributed by atoms with Crippen LogP contribution in [0.3, 0.4) is 0 Å². The standard InChI is InChI=1S/C35H49N5O10/c1-8-36-29(44)24-15-21-13-19(9-11-27(21)42)20-10-12-28(43)22(14-20)16-25(40-33(48)50-35(5,6)7)30(45)39-26(31(46)38-24)17-23(41)18-37-32(47)49-34(2,3)4/h9-14,23-26,41-43H,8,15-18H2,1-7H3,(H,36,44)(H,37,47)(H,38,46)(H,39,45)(H,40,48)/t23-,24+,25+,26+/m1/s1. The van der Waals surface area contributed by atoms with E-state index in [1.54, 1.807) is 72.7 Å². The van der Waals surface area contributed by atoms with E-state index in [0.29, 0.717) is 16.7 Å². The summed E-state index contributed by atoms with van der Waals surface area (Å²) in [4.78, 5) is 66.1. The Balaban J connectivity index is 2.08. The van der Waals surface area contributed by atoms with Crippen molar-refractivity contribution in [1.29, 1.82) is 0 Å². The number of aromatic hydroxyl groups is 2. The molecule has 5 amide bonds. The third-order valence-electron chi connectivity index (χ3n) is 7.35. The summed E-state index contributed by atoms with van der Waals surface area (Å²) in [7, 11) is 0. The molecule has 3 rings (SSSR count). The normalized spacial score (nSPS) is 19.0. The molecule has 0 spiro atoms. The number of hydrogen-bond donors (Lipinski definition) is 8. The van der Waals surface area contributed by atoms with E-state index in [4.69, 9.17) is 9.47 Å². The number of rotatable bonds is 7. The van der Waals surface area contributed by atoms with Crippen molar-refractivity contribution in [3.63, 3.8) is 0 Å². The number of aliphatic hydroxyl groups is 1. The van der Waals surface area contributed by atoms with Gasteiger partial charge in [-0.05, 0) is 95.0 Å². The average molecular weight is 700 g/mol. The first-order chi connectivity index (χ1) is 23.2. The number of phenols is 2. The summed E-state index contributed by atoms with van der Waals surface area (Å²) in [6.45, 7) is 11.5. The van der Waals surface area contributed by atoms with Gasteiger partial charge in [-0.3, -0.25) is 14.4 Å². The fourth-order valence-corrected chi connectivity index (χ4v) is 5.11. The summed E-state index contributed by atoms with van der Waals surface area (Å²) in [5.41, 5.74) is 0.0814. The molecule has 4 bridgehead atoms. The molecule has 2 aromatic rings. The van der Waals surface area contributed by atoms with Crippen LogP contribution in [0.4, 0.5) is 9.59 Å². The van der Waals surface area contributed by atoms with E-state index in [-0.39, 0.29) is 43.0 Å². The lowest BCUT2D eigenvalue weighted by molar-refractivity contribution is -0.133. The topological polar surface area (TPSA) is 225 Å². The molecular formula is C35H49N5O10. The molecule has 2 aromatic carbocycles. The maximum atomic E-state index is 13.9. The highest BCUT2D eigenvalue weighted by Gasteiger charge is 2.33. The van der Waals surface area contributed by atoms with Gasteiger partial charge in [0.05, 0.1) is 6.10 Å². The molecule has 1 aliphatic rings. The van der Waals surface area contributed by atoms with E-state index in [2.05, 4.69) is 26.6 Å². The lowest BCUT2D eigenvalue weighted by Crippen LogP contribution is -2.58. The molecular weight excluding hydrogens is 650 g/mol. The summed E-state index contributed by atoms with van der Waals surface area (Å²) in [5, 5.41) is 45.2. The second-order valence-electron chi connectivity index (χ2n) is 14.1. The molecule has 0 aliphatic carbocycles. The van der Waals surface area contributed by atoms with Gasteiger partial charge < -0.3 is 51.4 Å². The van der Waals surface area contributed by atoms with E-state index >= 15 is 0 Å². The van der Waals surface area contributed by atoms with E-state index < -0.39 is 71.8 Å². The maximum absolute atomic E-state index is 13.9. The van der Waals surface area contributed by atoms with Gasteiger partial charge in [0.25, 0.3) is 0 Å². The van der Waals surface area contributed by atoms with Gasteiger partial charge in [-0.25, -0.2) is 9.59 Å². The predicted molar refractivity (Wildman–Crippen MR) is 183 cm³/mol. The molecule has 15 nitrogen and oxygen atoms in total. The van der Waals surface area contributed by atoms with Gasteiger partial charge in [-0.2, -0.15) is 0 Å². The molecule has 274 valence electrons. The zero-order valence-electron chi connectivity index (χ0n) is 29.5. The number of phenolic OH excluding ortho intramolecular Hbond substituents is 2. The Morgan fingerprint density at radius 3 is 1.90 bits per heavy atom. The highest BCUT2D eigenvalue weighted by molar-refractivity contribution is 5.94. The number of amides is 5. The maximum Gasteiger partial charge on any atom is 0.408 e. The molecule has 15 heteroatoms. The van der Waals surface area contributed by atoms with Crippen LogP contribution in [0.1, 0.15) is 66.0 Å². The van der Waals surface area contributed by atoms with E-state index in [1.807, 2.05) is 0 Å². The first-order valence-corrected chi connectivity index (χ1v) is 16.4. The summed E-state index contributed by atoms with van der Waals surface area (Å²) in [6, 6.07) is 5.30. The Labute approximate surface area is 291 Å². The van der Waals surface area contributed by atoms with E-state index in [1.165, 1.54) is 12.1 Å². The van der Waals surface area contributed by atoms with Crippen molar-refractivity contribution in [2.45, 2.75) is 103 Å². The van der Waals surface area contributed by atoms with Crippen LogP contribution in [0.25, 0.3) is 11.1 Å².